The first-order valence-electron chi connectivity index (χ1n) is 8.77. The summed E-state index contributed by atoms with van der Waals surface area (Å²) in [4.78, 5) is 28.5. The number of hydrogen-bond acceptors (Lipinski definition) is 5. The third-order valence-electron chi connectivity index (χ3n) is 4.64. The molecule has 0 saturated carbocycles. The zero-order valence-corrected chi connectivity index (χ0v) is 15.7. The molecule has 3 aromatic rings. The third-order valence-corrected chi connectivity index (χ3v) is 5.52. The van der Waals surface area contributed by atoms with Gasteiger partial charge in [0.05, 0.1) is 37.0 Å². The van der Waals surface area contributed by atoms with E-state index in [0.717, 1.165) is 10.6 Å². The summed E-state index contributed by atoms with van der Waals surface area (Å²) in [6.07, 6.45) is 1.64. The van der Waals surface area contributed by atoms with Crippen molar-refractivity contribution in [1.29, 1.82) is 5.26 Å². The second-order valence-electron chi connectivity index (χ2n) is 6.46. The highest BCUT2D eigenvalue weighted by Gasteiger charge is 2.33. The maximum atomic E-state index is 13.0. The van der Waals surface area contributed by atoms with Gasteiger partial charge in [0.25, 0.3) is 5.91 Å². The fraction of sp³-hybridized carbons (Fsp3) is 0.200. The van der Waals surface area contributed by atoms with Gasteiger partial charge < -0.3 is 10.2 Å². The lowest BCUT2D eigenvalue weighted by Gasteiger charge is -2.33. The molecule has 28 heavy (non-hydrogen) atoms. The summed E-state index contributed by atoms with van der Waals surface area (Å²) in [5.74, 6) is -0.387. The van der Waals surface area contributed by atoms with Crippen LogP contribution in [0.3, 0.4) is 0 Å². The van der Waals surface area contributed by atoms with E-state index in [9.17, 15) is 9.59 Å². The second kappa shape index (κ2) is 7.66. The third kappa shape index (κ3) is 3.52. The van der Waals surface area contributed by atoms with Gasteiger partial charge in [-0.3, -0.25) is 14.3 Å². The lowest BCUT2D eigenvalue weighted by Crippen LogP contribution is -2.47. The van der Waals surface area contributed by atoms with Gasteiger partial charge in [-0.15, -0.1) is 11.3 Å². The van der Waals surface area contributed by atoms with E-state index in [2.05, 4.69) is 10.4 Å². The number of rotatable bonds is 4. The van der Waals surface area contributed by atoms with Crippen LogP contribution in [0.25, 0.3) is 0 Å². The van der Waals surface area contributed by atoms with Crippen molar-refractivity contribution in [3.63, 3.8) is 0 Å². The van der Waals surface area contributed by atoms with E-state index in [1.54, 1.807) is 51.4 Å². The summed E-state index contributed by atoms with van der Waals surface area (Å²) in [7, 11) is 0. The fourth-order valence-electron chi connectivity index (χ4n) is 3.25. The Morgan fingerprint density at radius 3 is 2.96 bits per heavy atom. The maximum Gasteiger partial charge on any atom is 0.254 e. The van der Waals surface area contributed by atoms with Crippen LogP contribution in [-0.2, 0) is 17.9 Å². The van der Waals surface area contributed by atoms with Crippen molar-refractivity contribution in [2.24, 2.45) is 0 Å². The Kier molecular flexibility index (Phi) is 4.91. The molecule has 1 atom stereocenters. The highest BCUT2D eigenvalue weighted by atomic mass is 32.1. The maximum absolute atomic E-state index is 13.0. The van der Waals surface area contributed by atoms with E-state index < -0.39 is 6.04 Å². The lowest BCUT2D eigenvalue weighted by atomic mass is 10.1. The van der Waals surface area contributed by atoms with Crippen molar-refractivity contribution < 1.29 is 9.59 Å². The van der Waals surface area contributed by atoms with Gasteiger partial charge in [0, 0.05) is 16.6 Å². The molecule has 2 amide bonds. The lowest BCUT2D eigenvalue weighted by molar-refractivity contribution is -0.125. The van der Waals surface area contributed by atoms with Crippen molar-refractivity contribution in [1.82, 2.24) is 20.0 Å². The highest BCUT2D eigenvalue weighted by Crippen LogP contribution is 2.23. The van der Waals surface area contributed by atoms with E-state index in [0.29, 0.717) is 24.2 Å². The molecule has 1 aliphatic rings. The van der Waals surface area contributed by atoms with Crippen LogP contribution in [0.4, 0.5) is 0 Å². The molecule has 1 aliphatic heterocycles. The molecule has 8 heteroatoms. The Morgan fingerprint density at radius 2 is 2.18 bits per heavy atom. The number of nitriles is 1. The Hall–Kier alpha value is -3.44. The molecule has 0 aliphatic carbocycles. The van der Waals surface area contributed by atoms with Gasteiger partial charge in [-0.25, -0.2) is 0 Å². The largest absolute Gasteiger partial charge is 0.349 e. The van der Waals surface area contributed by atoms with Crippen LogP contribution in [0.5, 0.6) is 0 Å². The predicted octanol–water partition coefficient (Wildman–Crippen LogP) is 2.33. The number of carbonyl (C=O) groups is 2. The zero-order valence-electron chi connectivity index (χ0n) is 14.9. The van der Waals surface area contributed by atoms with E-state index in [1.165, 1.54) is 0 Å². The number of nitrogens with zero attached hydrogens (tertiary/aromatic N) is 4. The number of fused-ring (bicyclic) bond motifs is 1. The first-order chi connectivity index (χ1) is 13.7. The average Bonchev–Trinajstić information content (AvgIpc) is 3.42. The second-order valence-corrected chi connectivity index (χ2v) is 7.49. The molecule has 1 aromatic carbocycles. The van der Waals surface area contributed by atoms with Crippen molar-refractivity contribution in [2.45, 2.75) is 19.1 Å². The Morgan fingerprint density at radius 1 is 1.29 bits per heavy atom. The number of amides is 2. The number of aromatic nitrogens is 2. The number of thiophene rings is 1. The predicted molar refractivity (Wildman–Crippen MR) is 103 cm³/mol. The number of hydrogen-bond donors (Lipinski definition) is 1. The fourth-order valence-corrected chi connectivity index (χ4v) is 3.90. The molecule has 0 saturated heterocycles. The summed E-state index contributed by atoms with van der Waals surface area (Å²) in [6, 6.07) is 13.8. The zero-order chi connectivity index (χ0) is 19.5. The molecule has 0 radical (unpaired) electrons. The molecule has 0 bridgehead atoms. The molecule has 0 fully saturated rings. The van der Waals surface area contributed by atoms with E-state index in [4.69, 9.17) is 5.26 Å². The summed E-state index contributed by atoms with van der Waals surface area (Å²) in [5, 5.41) is 18.2. The Labute approximate surface area is 165 Å². The standard InChI is InChI=1S/C20H17N5O2S/c21-10-14-3-1-4-15(9-14)20(27)24-12-16-6-7-23-25(16)18(13-24)19(26)22-11-17-5-2-8-28-17/h1-9,18H,11-13H2,(H,22,26)/t18-/m1/s1. The van der Waals surface area contributed by atoms with Gasteiger partial charge in [0.2, 0.25) is 5.91 Å². The van der Waals surface area contributed by atoms with E-state index in [1.807, 2.05) is 29.6 Å². The molecule has 1 N–H and O–H groups in total. The van der Waals surface area contributed by atoms with Crippen LogP contribution in [-0.4, -0.2) is 33.0 Å². The van der Waals surface area contributed by atoms with Crippen LogP contribution in [0.2, 0.25) is 0 Å². The van der Waals surface area contributed by atoms with Gasteiger partial charge in [0.15, 0.2) is 0 Å². The average molecular weight is 391 g/mol. The van der Waals surface area contributed by atoms with Gasteiger partial charge in [-0.1, -0.05) is 12.1 Å². The van der Waals surface area contributed by atoms with Crippen LogP contribution < -0.4 is 5.32 Å². The van der Waals surface area contributed by atoms with Gasteiger partial charge >= 0.3 is 0 Å². The number of carbonyl (C=O) groups excluding carboxylic acids is 2. The van der Waals surface area contributed by atoms with Gasteiger partial charge in [-0.2, -0.15) is 10.4 Å². The number of nitrogens with one attached hydrogen (secondary N) is 1. The van der Waals surface area contributed by atoms with Crippen molar-refractivity contribution in [2.75, 3.05) is 6.54 Å². The highest BCUT2D eigenvalue weighted by molar-refractivity contribution is 7.09. The van der Waals surface area contributed by atoms with E-state index >= 15 is 0 Å². The van der Waals surface area contributed by atoms with Crippen LogP contribution in [0.1, 0.15) is 32.5 Å². The topological polar surface area (TPSA) is 91.0 Å². The van der Waals surface area contributed by atoms with Crippen molar-refractivity contribution in [3.8, 4) is 6.07 Å². The molecule has 2 aromatic heterocycles. The monoisotopic (exact) mass is 391 g/mol. The Bertz CT molecular complexity index is 1050. The first-order valence-corrected chi connectivity index (χ1v) is 9.65. The summed E-state index contributed by atoms with van der Waals surface area (Å²) < 4.78 is 1.68. The van der Waals surface area contributed by atoms with Crippen LogP contribution in [0.15, 0.2) is 54.0 Å². The number of benzene rings is 1. The Balaban J connectivity index is 1.54. The summed E-state index contributed by atoms with van der Waals surface area (Å²) in [5.41, 5.74) is 1.66. The molecular weight excluding hydrogens is 374 g/mol. The smallest absolute Gasteiger partial charge is 0.254 e. The minimum Gasteiger partial charge on any atom is -0.349 e. The normalized spacial score (nSPS) is 15.5. The minimum absolute atomic E-state index is 0.179. The summed E-state index contributed by atoms with van der Waals surface area (Å²) in [6.45, 7) is 1.03. The van der Waals surface area contributed by atoms with Crippen LogP contribution >= 0.6 is 11.3 Å². The van der Waals surface area contributed by atoms with Gasteiger partial charge in [-0.05, 0) is 35.7 Å². The molecule has 4 rings (SSSR count). The van der Waals surface area contributed by atoms with Crippen LogP contribution in [0, 0.1) is 11.3 Å². The van der Waals surface area contributed by atoms with E-state index in [-0.39, 0.29) is 18.4 Å². The molecule has 140 valence electrons. The molecule has 3 heterocycles. The minimum atomic E-state index is -0.596. The molecule has 0 spiro atoms. The first kappa shape index (κ1) is 17.9. The molecular formula is C20H17N5O2S. The quantitative estimate of drug-likeness (QED) is 0.739. The molecule has 0 unspecified atom stereocenters. The van der Waals surface area contributed by atoms with Crippen molar-refractivity contribution >= 4 is 23.2 Å². The SMILES string of the molecule is N#Cc1cccc(C(=O)N2Cc3ccnn3[C@@H](C(=O)NCc3cccs3)C2)c1. The van der Waals surface area contributed by atoms with Gasteiger partial charge in [0.1, 0.15) is 6.04 Å². The molecule has 7 nitrogen and oxygen atoms in total. The van der Waals surface area contributed by atoms with Crippen molar-refractivity contribution in [3.05, 3.63) is 75.7 Å². The summed E-state index contributed by atoms with van der Waals surface area (Å²) >= 11 is 1.58.